The lowest BCUT2D eigenvalue weighted by Crippen LogP contribution is -2.47. The summed E-state index contributed by atoms with van der Waals surface area (Å²) in [5, 5.41) is 9.31. The first-order chi connectivity index (χ1) is 12.5. The van der Waals surface area contributed by atoms with Crippen molar-refractivity contribution in [2.24, 2.45) is 5.41 Å². The summed E-state index contributed by atoms with van der Waals surface area (Å²) in [6.45, 7) is 3.77. The van der Waals surface area contributed by atoms with Gasteiger partial charge in [-0.15, -0.1) is 24.8 Å². The van der Waals surface area contributed by atoms with Crippen molar-refractivity contribution in [1.29, 1.82) is 0 Å². The van der Waals surface area contributed by atoms with E-state index in [1.807, 2.05) is 24.1 Å². The van der Waals surface area contributed by atoms with Crippen molar-refractivity contribution in [2.45, 2.75) is 19.3 Å². The highest BCUT2D eigenvalue weighted by molar-refractivity contribution is 6.00. The maximum atomic E-state index is 12.7. The Balaban J connectivity index is 0.00000196. The molecule has 2 aliphatic heterocycles. The quantitative estimate of drug-likeness (QED) is 0.662. The first-order valence-corrected chi connectivity index (χ1v) is 9.16. The molecule has 1 aromatic carbocycles. The van der Waals surface area contributed by atoms with Crippen molar-refractivity contribution >= 4 is 48.0 Å². The van der Waals surface area contributed by atoms with Gasteiger partial charge in [-0.25, -0.2) is 0 Å². The average Bonchev–Trinajstić information content (AvgIpc) is 2.79. The molecule has 0 aliphatic carbocycles. The number of nitrogens with one attached hydrogen (secondary N) is 3. The van der Waals surface area contributed by atoms with Crippen molar-refractivity contribution in [3.63, 3.8) is 0 Å². The van der Waals surface area contributed by atoms with Gasteiger partial charge in [-0.1, -0.05) is 0 Å². The van der Waals surface area contributed by atoms with Crippen molar-refractivity contribution < 1.29 is 14.3 Å². The predicted molar refractivity (Wildman–Crippen MR) is 116 cm³/mol. The number of amides is 2. The van der Waals surface area contributed by atoms with E-state index in [-0.39, 0.29) is 42.0 Å². The molecule has 1 saturated heterocycles. The Hall–Kier alpha value is -1.54. The van der Waals surface area contributed by atoms with Crippen LogP contribution in [0.3, 0.4) is 0 Å². The minimum absolute atomic E-state index is 0. The van der Waals surface area contributed by atoms with Gasteiger partial charge in [0.1, 0.15) is 0 Å². The maximum Gasteiger partial charge on any atom is 0.251 e. The number of hydrogen-bond acceptors (Lipinski definition) is 5. The monoisotopic (exact) mass is 432 g/mol. The van der Waals surface area contributed by atoms with E-state index in [2.05, 4.69) is 16.0 Å². The molecule has 0 spiro atoms. The minimum Gasteiger partial charge on any atom is -0.384 e. The van der Waals surface area contributed by atoms with Crippen LogP contribution in [0.2, 0.25) is 0 Å². The fraction of sp³-hybridized carbons (Fsp3) is 0.579. The molecule has 2 heterocycles. The summed E-state index contributed by atoms with van der Waals surface area (Å²) in [5.74, 6) is -0.148. The number of fused-ring (bicyclic) bond motifs is 1. The zero-order valence-electron chi connectivity index (χ0n) is 16.4. The van der Waals surface area contributed by atoms with Crippen LogP contribution < -0.4 is 20.9 Å². The molecular formula is C19H30Cl2N4O3. The van der Waals surface area contributed by atoms with E-state index < -0.39 is 0 Å². The average molecular weight is 433 g/mol. The highest BCUT2D eigenvalue weighted by Crippen LogP contribution is 2.30. The molecule has 2 amide bonds. The molecule has 0 radical (unpaired) electrons. The van der Waals surface area contributed by atoms with Crippen LogP contribution in [0.1, 0.15) is 29.6 Å². The van der Waals surface area contributed by atoms with Crippen LogP contribution in [0.5, 0.6) is 0 Å². The Kier molecular flexibility index (Phi) is 9.50. The molecule has 7 nitrogen and oxygen atoms in total. The smallest absolute Gasteiger partial charge is 0.251 e. The SMILES string of the molecule is COCC1(CNC(=O)c2ccc3c(c2)NC(=O)CCN3C)CCNCC1.Cl.Cl. The Bertz CT molecular complexity index is 676. The summed E-state index contributed by atoms with van der Waals surface area (Å²) in [4.78, 5) is 26.6. The van der Waals surface area contributed by atoms with Gasteiger partial charge in [0.15, 0.2) is 0 Å². The summed E-state index contributed by atoms with van der Waals surface area (Å²) in [5.41, 5.74) is 2.16. The molecule has 28 heavy (non-hydrogen) atoms. The zero-order valence-corrected chi connectivity index (χ0v) is 18.0. The number of ether oxygens (including phenoxy) is 1. The second kappa shape index (κ2) is 10.9. The molecule has 9 heteroatoms. The van der Waals surface area contributed by atoms with E-state index in [1.165, 1.54) is 0 Å². The lowest BCUT2D eigenvalue weighted by molar-refractivity contribution is -0.115. The number of nitrogens with zero attached hydrogens (tertiary/aromatic N) is 1. The standard InChI is InChI=1S/C19H28N4O3.2ClH/c1-23-10-5-17(24)22-15-11-14(3-4-16(15)23)18(25)21-12-19(13-26-2)6-8-20-9-7-19;;/h3-4,11,20H,5-10,12-13H2,1-2H3,(H,21,25)(H,22,24);2*1H. The van der Waals surface area contributed by atoms with E-state index in [0.717, 1.165) is 31.6 Å². The third-order valence-electron chi connectivity index (χ3n) is 5.36. The molecule has 0 saturated carbocycles. The van der Waals surface area contributed by atoms with Crippen molar-refractivity contribution in [2.75, 3.05) is 57.2 Å². The summed E-state index contributed by atoms with van der Waals surface area (Å²) in [7, 11) is 3.65. The van der Waals surface area contributed by atoms with Crippen LogP contribution in [0.4, 0.5) is 11.4 Å². The van der Waals surface area contributed by atoms with Crippen LogP contribution in [-0.2, 0) is 9.53 Å². The normalized spacial score (nSPS) is 17.9. The van der Waals surface area contributed by atoms with Crippen LogP contribution in [0, 0.1) is 5.41 Å². The highest BCUT2D eigenvalue weighted by Gasteiger charge is 2.32. The number of carbonyl (C=O) groups is 2. The van der Waals surface area contributed by atoms with Gasteiger partial charge in [0, 0.05) is 44.6 Å². The largest absolute Gasteiger partial charge is 0.384 e. The first kappa shape index (κ1) is 24.5. The summed E-state index contributed by atoms with van der Waals surface area (Å²) in [6.07, 6.45) is 2.40. The fourth-order valence-corrected chi connectivity index (χ4v) is 3.72. The molecule has 0 unspecified atom stereocenters. The second-order valence-electron chi connectivity index (χ2n) is 7.32. The van der Waals surface area contributed by atoms with Crippen molar-refractivity contribution in [1.82, 2.24) is 10.6 Å². The molecule has 158 valence electrons. The minimum atomic E-state index is -0.122. The maximum absolute atomic E-state index is 12.7. The third kappa shape index (κ3) is 5.73. The number of methoxy groups -OCH3 is 1. The Morgan fingerprint density at radius 1 is 1.29 bits per heavy atom. The van der Waals surface area contributed by atoms with Crippen molar-refractivity contribution in [3.8, 4) is 0 Å². The van der Waals surface area contributed by atoms with Crippen LogP contribution >= 0.6 is 24.8 Å². The molecular weight excluding hydrogens is 403 g/mol. The van der Waals surface area contributed by atoms with E-state index in [4.69, 9.17) is 4.74 Å². The molecule has 3 N–H and O–H groups in total. The Morgan fingerprint density at radius 2 is 2.00 bits per heavy atom. The summed E-state index contributed by atoms with van der Waals surface area (Å²) >= 11 is 0. The van der Waals surface area contributed by atoms with Gasteiger partial charge in [-0.05, 0) is 44.1 Å². The number of carbonyl (C=O) groups excluding carboxylic acids is 2. The Labute approximate surface area is 178 Å². The second-order valence-corrected chi connectivity index (χ2v) is 7.32. The third-order valence-corrected chi connectivity index (χ3v) is 5.36. The molecule has 1 fully saturated rings. The van der Waals surface area contributed by atoms with Gasteiger partial charge >= 0.3 is 0 Å². The van der Waals surface area contributed by atoms with Gasteiger partial charge in [0.2, 0.25) is 5.91 Å². The number of halogens is 2. The van der Waals surface area contributed by atoms with E-state index in [1.54, 1.807) is 13.2 Å². The number of anilines is 2. The number of rotatable bonds is 5. The van der Waals surface area contributed by atoms with E-state index in [0.29, 0.717) is 37.4 Å². The van der Waals surface area contributed by atoms with E-state index >= 15 is 0 Å². The van der Waals surface area contributed by atoms with Gasteiger partial charge in [-0.3, -0.25) is 9.59 Å². The fourth-order valence-electron chi connectivity index (χ4n) is 3.72. The summed E-state index contributed by atoms with van der Waals surface area (Å²) < 4.78 is 5.40. The molecule has 1 aromatic rings. The van der Waals surface area contributed by atoms with Gasteiger partial charge < -0.3 is 25.6 Å². The van der Waals surface area contributed by atoms with Crippen molar-refractivity contribution in [3.05, 3.63) is 23.8 Å². The summed E-state index contributed by atoms with van der Waals surface area (Å²) in [6, 6.07) is 5.47. The molecule has 2 aliphatic rings. The predicted octanol–water partition coefficient (Wildman–Crippen LogP) is 2.05. The topological polar surface area (TPSA) is 82.7 Å². The number of benzene rings is 1. The van der Waals surface area contributed by atoms with Crippen LogP contribution in [0.25, 0.3) is 0 Å². The van der Waals surface area contributed by atoms with Crippen LogP contribution in [-0.4, -0.2) is 58.8 Å². The van der Waals surface area contributed by atoms with Gasteiger partial charge in [0.25, 0.3) is 5.91 Å². The highest BCUT2D eigenvalue weighted by atomic mass is 35.5. The van der Waals surface area contributed by atoms with Gasteiger partial charge in [0.05, 0.1) is 18.0 Å². The number of piperidine rings is 1. The zero-order chi connectivity index (χ0) is 18.6. The Morgan fingerprint density at radius 3 is 2.68 bits per heavy atom. The molecule has 0 atom stereocenters. The molecule has 0 bridgehead atoms. The number of hydrogen-bond donors (Lipinski definition) is 3. The molecule has 3 rings (SSSR count). The van der Waals surface area contributed by atoms with E-state index in [9.17, 15) is 9.59 Å². The molecule has 0 aromatic heterocycles. The lowest BCUT2D eigenvalue weighted by Gasteiger charge is -2.37. The lowest BCUT2D eigenvalue weighted by atomic mass is 9.79. The first-order valence-electron chi connectivity index (χ1n) is 9.16. The van der Waals surface area contributed by atoms with Gasteiger partial charge in [-0.2, -0.15) is 0 Å². The van der Waals surface area contributed by atoms with Crippen LogP contribution in [0.15, 0.2) is 18.2 Å².